The van der Waals surface area contributed by atoms with Gasteiger partial charge in [0.15, 0.2) is 0 Å². The third-order valence-corrected chi connectivity index (χ3v) is 8.11. The maximum atomic E-state index is 13.7. The van der Waals surface area contributed by atoms with Crippen LogP contribution in [0.1, 0.15) is 91.0 Å². The van der Waals surface area contributed by atoms with E-state index >= 15 is 0 Å². The molecule has 2 amide bonds. The summed E-state index contributed by atoms with van der Waals surface area (Å²) in [6.07, 6.45) is 14.9. The minimum absolute atomic E-state index is 0.0922. The fraction of sp³-hybridized carbons (Fsp3) is 0.708. The van der Waals surface area contributed by atoms with Crippen LogP contribution in [-0.4, -0.2) is 40.9 Å². The number of hydrogen-bond acceptors (Lipinski definition) is 3. The zero-order chi connectivity index (χ0) is 20.8. The van der Waals surface area contributed by atoms with Crippen molar-refractivity contribution in [3.8, 4) is 0 Å². The van der Waals surface area contributed by atoms with Crippen molar-refractivity contribution >= 4 is 11.8 Å². The van der Waals surface area contributed by atoms with Gasteiger partial charge in [-0.2, -0.15) is 0 Å². The van der Waals surface area contributed by atoms with Crippen molar-refractivity contribution in [2.24, 2.45) is 17.8 Å². The molecule has 0 radical (unpaired) electrons. The topological polar surface area (TPSA) is 71.4 Å². The minimum Gasteiger partial charge on any atom is -0.355 e. The van der Waals surface area contributed by atoms with Gasteiger partial charge >= 0.3 is 0 Å². The first-order valence-corrected chi connectivity index (χ1v) is 11.8. The van der Waals surface area contributed by atoms with Crippen molar-refractivity contribution in [2.45, 2.75) is 76.3 Å². The zero-order valence-corrected chi connectivity index (χ0v) is 17.9. The lowest BCUT2D eigenvalue weighted by Crippen LogP contribution is -2.44. The molecule has 2 aliphatic heterocycles. The molecule has 2 saturated heterocycles. The van der Waals surface area contributed by atoms with Gasteiger partial charge in [0.1, 0.15) is 11.1 Å². The van der Waals surface area contributed by atoms with E-state index in [1.165, 1.54) is 32.7 Å². The number of hydrogen-bond donors (Lipinski definition) is 1. The Morgan fingerprint density at radius 1 is 0.867 bits per heavy atom. The van der Waals surface area contributed by atoms with E-state index in [1.54, 1.807) is 12.4 Å². The summed E-state index contributed by atoms with van der Waals surface area (Å²) in [6, 6.07) is 0.505. The highest BCUT2D eigenvalue weighted by Crippen LogP contribution is 2.47. The van der Waals surface area contributed by atoms with E-state index in [-0.39, 0.29) is 29.1 Å². The minimum atomic E-state index is -0.421. The number of amides is 2. The van der Waals surface area contributed by atoms with Gasteiger partial charge in [-0.3, -0.25) is 14.4 Å². The highest BCUT2D eigenvalue weighted by atomic mass is 16.2. The van der Waals surface area contributed by atoms with Gasteiger partial charge in [-0.25, -0.2) is 0 Å². The number of nitrogens with zero attached hydrogens (tertiary/aromatic N) is 2. The number of nitrogens with one attached hydrogen (secondary N) is 1. The molecule has 6 nitrogen and oxygen atoms in total. The smallest absolute Gasteiger partial charge is 0.259 e. The number of fused-ring (bicyclic) bond motifs is 1. The molecule has 0 unspecified atom stereocenters. The summed E-state index contributed by atoms with van der Waals surface area (Å²) in [5.41, 5.74) is -0.146. The van der Waals surface area contributed by atoms with Gasteiger partial charge in [0, 0.05) is 38.1 Å². The Morgan fingerprint density at radius 3 is 2.17 bits per heavy atom. The monoisotopic (exact) mass is 411 g/mol. The first kappa shape index (κ1) is 19.8. The molecule has 3 saturated carbocycles. The van der Waals surface area contributed by atoms with Crippen molar-refractivity contribution in [1.82, 2.24) is 14.8 Å². The van der Waals surface area contributed by atoms with Gasteiger partial charge in [-0.15, -0.1) is 0 Å². The number of carbonyl (C=O) groups excluding carboxylic acids is 2. The van der Waals surface area contributed by atoms with E-state index in [2.05, 4.69) is 5.32 Å². The molecule has 6 rings (SSSR count). The first-order chi connectivity index (χ1) is 14.5. The fourth-order valence-electron chi connectivity index (χ4n) is 6.82. The molecule has 3 aliphatic carbocycles. The van der Waals surface area contributed by atoms with Gasteiger partial charge in [0.25, 0.3) is 11.8 Å². The van der Waals surface area contributed by atoms with Gasteiger partial charge in [0.2, 0.25) is 5.43 Å². The average molecular weight is 412 g/mol. The summed E-state index contributed by atoms with van der Waals surface area (Å²) < 4.78 is 1.99. The Labute approximate surface area is 178 Å². The van der Waals surface area contributed by atoms with E-state index < -0.39 is 11.3 Å². The molecule has 0 spiro atoms. The zero-order valence-electron chi connectivity index (χ0n) is 17.9. The van der Waals surface area contributed by atoms with E-state index in [0.717, 1.165) is 56.9 Å². The van der Waals surface area contributed by atoms with E-state index in [0.29, 0.717) is 5.92 Å². The van der Waals surface area contributed by atoms with Crippen molar-refractivity contribution in [3.05, 3.63) is 33.7 Å². The third kappa shape index (κ3) is 3.48. The summed E-state index contributed by atoms with van der Waals surface area (Å²) in [4.78, 5) is 41.4. The lowest BCUT2D eigenvalue weighted by molar-refractivity contribution is 0.0630. The standard InChI is InChI=1S/C24H33N3O3/c1-25-23(29)20-13-26(18-5-3-2-4-6-18)14-21(22(20)28)24(30)27-12-17-8-15-7-16(9-17)11-19(27)10-15/h13-19H,2-12H2,1H3,(H,25,29)/t15-,16-,17?,19?/m1/s1. The molecule has 4 bridgehead atoms. The summed E-state index contributed by atoms with van der Waals surface area (Å²) in [5.74, 6) is 1.47. The Morgan fingerprint density at radius 2 is 1.50 bits per heavy atom. The molecule has 162 valence electrons. The van der Waals surface area contributed by atoms with Crippen LogP contribution in [0.5, 0.6) is 0 Å². The number of rotatable bonds is 3. The quantitative estimate of drug-likeness (QED) is 0.829. The highest BCUT2D eigenvalue weighted by molar-refractivity contribution is 5.99. The molecule has 1 N–H and O–H groups in total. The number of aromatic nitrogens is 1. The second kappa shape index (κ2) is 7.86. The third-order valence-electron chi connectivity index (χ3n) is 8.11. The molecule has 6 heteroatoms. The lowest BCUT2D eigenvalue weighted by Gasteiger charge is -2.39. The summed E-state index contributed by atoms with van der Waals surface area (Å²) >= 11 is 0. The van der Waals surface area contributed by atoms with E-state index in [4.69, 9.17) is 0 Å². The number of carbonyl (C=O) groups is 2. The largest absolute Gasteiger partial charge is 0.355 e. The number of pyridine rings is 1. The van der Waals surface area contributed by atoms with Crippen LogP contribution in [0.15, 0.2) is 17.2 Å². The molecule has 2 atom stereocenters. The Hall–Kier alpha value is -2.11. The normalized spacial score (nSPS) is 30.9. The van der Waals surface area contributed by atoms with Crippen LogP contribution in [0.25, 0.3) is 0 Å². The summed E-state index contributed by atoms with van der Waals surface area (Å²) in [5, 5.41) is 2.58. The molecular formula is C24H33N3O3. The van der Waals surface area contributed by atoms with Crippen LogP contribution in [0.2, 0.25) is 0 Å². The van der Waals surface area contributed by atoms with Gasteiger partial charge in [0.05, 0.1) is 0 Å². The van der Waals surface area contributed by atoms with Crippen LogP contribution >= 0.6 is 0 Å². The SMILES string of the molecule is CNC(=O)c1cn(C2CCCCC2)cc(C(=O)N2CC3C[C@@H]4CC2C[C@@H](C3)C4)c1=O. The van der Waals surface area contributed by atoms with Crippen LogP contribution < -0.4 is 10.7 Å². The maximum absolute atomic E-state index is 13.7. The van der Waals surface area contributed by atoms with Crippen LogP contribution in [0.3, 0.4) is 0 Å². The average Bonchev–Trinajstić information content (AvgIpc) is 2.96. The van der Waals surface area contributed by atoms with Crippen molar-refractivity contribution in [3.63, 3.8) is 0 Å². The first-order valence-electron chi connectivity index (χ1n) is 11.8. The summed E-state index contributed by atoms with van der Waals surface area (Å²) in [7, 11) is 1.53. The van der Waals surface area contributed by atoms with Gasteiger partial charge < -0.3 is 14.8 Å². The molecular weight excluding hydrogens is 378 g/mol. The second-order valence-electron chi connectivity index (χ2n) is 10.1. The molecule has 30 heavy (non-hydrogen) atoms. The molecule has 1 aromatic rings. The highest BCUT2D eigenvalue weighted by Gasteiger charge is 2.44. The Balaban J connectivity index is 1.53. The predicted octanol–water partition coefficient (Wildman–Crippen LogP) is 3.36. The van der Waals surface area contributed by atoms with Gasteiger partial charge in [-0.05, 0) is 62.7 Å². The molecule has 5 fully saturated rings. The van der Waals surface area contributed by atoms with Gasteiger partial charge in [-0.1, -0.05) is 19.3 Å². The molecule has 5 aliphatic rings. The van der Waals surface area contributed by atoms with Crippen LogP contribution in [0, 0.1) is 17.8 Å². The Kier molecular flexibility index (Phi) is 5.19. The van der Waals surface area contributed by atoms with Crippen molar-refractivity contribution in [1.29, 1.82) is 0 Å². The molecule has 0 aromatic carbocycles. The molecule has 3 heterocycles. The predicted molar refractivity (Wildman–Crippen MR) is 115 cm³/mol. The summed E-state index contributed by atoms with van der Waals surface area (Å²) in [6.45, 7) is 0.767. The maximum Gasteiger partial charge on any atom is 0.259 e. The van der Waals surface area contributed by atoms with E-state index in [9.17, 15) is 14.4 Å². The van der Waals surface area contributed by atoms with Crippen LogP contribution in [-0.2, 0) is 0 Å². The van der Waals surface area contributed by atoms with Crippen molar-refractivity contribution < 1.29 is 9.59 Å². The lowest BCUT2D eigenvalue weighted by atomic mass is 9.68. The van der Waals surface area contributed by atoms with E-state index in [1.807, 2.05) is 9.47 Å². The fourth-order valence-corrected chi connectivity index (χ4v) is 6.82. The Bertz CT molecular complexity index is 887. The van der Waals surface area contributed by atoms with Crippen LogP contribution in [0.4, 0.5) is 0 Å². The van der Waals surface area contributed by atoms with Crippen molar-refractivity contribution in [2.75, 3.05) is 13.6 Å². The molecule has 1 aromatic heterocycles. The second-order valence-corrected chi connectivity index (χ2v) is 10.1.